The molecule has 0 heterocycles. The highest BCUT2D eigenvalue weighted by atomic mass is 79.9. The summed E-state index contributed by atoms with van der Waals surface area (Å²) in [6.45, 7) is 0. The van der Waals surface area contributed by atoms with E-state index in [-0.39, 0.29) is 12.0 Å². The minimum Gasteiger partial charge on any atom is -0.204 e. The largest absolute Gasteiger partial charge is 0.204 e. The minimum atomic E-state index is -0.961. The zero-order chi connectivity index (χ0) is 14.0. The number of hydrogen-bond acceptors (Lipinski definition) is 0. The van der Waals surface area contributed by atoms with Crippen molar-refractivity contribution >= 4 is 15.9 Å². The van der Waals surface area contributed by atoms with Gasteiger partial charge in [-0.05, 0) is 30.2 Å². The van der Waals surface area contributed by atoms with Gasteiger partial charge in [0.25, 0.3) is 0 Å². The first-order valence-electron chi connectivity index (χ1n) is 5.51. The third-order valence-electron chi connectivity index (χ3n) is 2.72. The van der Waals surface area contributed by atoms with Gasteiger partial charge in [-0.1, -0.05) is 34.1 Å². The fourth-order valence-electron chi connectivity index (χ4n) is 1.75. The van der Waals surface area contributed by atoms with Gasteiger partial charge in [-0.25, -0.2) is 17.6 Å². The van der Waals surface area contributed by atoms with E-state index in [1.807, 2.05) is 0 Å². The summed E-state index contributed by atoms with van der Waals surface area (Å²) in [6.07, 6.45) is 0.220. The minimum absolute atomic E-state index is 0.143. The van der Waals surface area contributed by atoms with Gasteiger partial charge >= 0.3 is 0 Å². The van der Waals surface area contributed by atoms with Crippen LogP contribution in [0.3, 0.4) is 0 Å². The van der Waals surface area contributed by atoms with E-state index >= 15 is 0 Å². The van der Waals surface area contributed by atoms with Gasteiger partial charge in [-0.15, -0.1) is 0 Å². The van der Waals surface area contributed by atoms with Crippen molar-refractivity contribution in [1.29, 1.82) is 0 Å². The number of alkyl halides is 1. The normalized spacial score (nSPS) is 12.5. The summed E-state index contributed by atoms with van der Waals surface area (Å²) in [5.74, 6) is -3.78. The third kappa shape index (κ3) is 3.15. The molecule has 19 heavy (non-hydrogen) atoms. The molecule has 0 radical (unpaired) electrons. The molecule has 0 nitrogen and oxygen atoms in total. The van der Waals surface area contributed by atoms with Gasteiger partial charge < -0.3 is 0 Å². The highest BCUT2D eigenvalue weighted by Gasteiger charge is 2.16. The molecule has 0 aliphatic carbocycles. The summed E-state index contributed by atoms with van der Waals surface area (Å²) in [7, 11) is 0. The fraction of sp³-hybridized carbons (Fsp3) is 0.143. The van der Waals surface area contributed by atoms with Gasteiger partial charge in [0.2, 0.25) is 0 Å². The van der Waals surface area contributed by atoms with Gasteiger partial charge in [0, 0.05) is 10.4 Å². The molecule has 0 bridgehead atoms. The summed E-state index contributed by atoms with van der Waals surface area (Å²) in [5, 5.41) is 0. The summed E-state index contributed by atoms with van der Waals surface area (Å²) in [6, 6.07) is 7.32. The average molecular weight is 333 g/mol. The van der Waals surface area contributed by atoms with E-state index in [2.05, 4.69) is 15.9 Å². The van der Waals surface area contributed by atoms with Crippen LogP contribution in [0, 0.1) is 23.3 Å². The second kappa shape index (κ2) is 5.74. The molecule has 0 N–H and O–H groups in total. The van der Waals surface area contributed by atoms with E-state index in [4.69, 9.17) is 0 Å². The van der Waals surface area contributed by atoms with Crippen LogP contribution in [-0.4, -0.2) is 0 Å². The van der Waals surface area contributed by atoms with Crippen LogP contribution in [0.5, 0.6) is 0 Å². The number of benzene rings is 2. The predicted octanol–water partition coefficient (Wildman–Crippen LogP) is 4.92. The maximum absolute atomic E-state index is 13.6. The fourth-order valence-corrected chi connectivity index (χ4v) is 2.47. The Bertz CT molecular complexity index is 598. The van der Waals surface area contributed by atoms with Crippen molar-refractivity contribution in [2.24, 2.45) is 0 Å². The molecule has 0 spiro atoms. The summed E-state index contributed by atoms with van der Waals surface area (Å²) in [5.41, 5.74) is 0.633. The number of rotatable bonds is 3. The second-order valence-corrected chi connectivity index (χ2v) is 5.17. The van der Waals surface area contributed by atoms with E-state index in [1.165, 1.54) is 18.2 Å². The molecule has 2 aromatic carbocycles. The Morgan fingerprint density at radius 1 is 0.895 bits per heavy atom. The molecule has 0 aliphatic rings. The predicted molar refractivity (Wildman–Crippen MR) is 68.1 cm³/mol. The van der Waals surface area contributed by atoms with Crippen LogP contribution < -0.4 is 0 Å². The summed E-state index contributed by atoms with van der Waals surface area (Å²) in [4.78, 5) is -0.520. The van der Waals surface area contributed by atoms with E-state index in [0.717, 1.165) is 18.2 Å². The molecular weight excluding hydrogens is 324 g/mol. The Morgan fingerprint density at radius 2 is 1.63 bits per heavy atom. The quantitative estimate of drug-likeness (QED) is 0.552. The molecule has 0 saturated heterocycles. The number of halogens is 5. The Morgan fingerprint density at radius 3 is 2.32 bits per heavy atom. The first-order chi connectivity index (χ1) is 8.99. The highest BCUT2D eigenvalue weighted by molar-refractivity contribution is 9.09. The van der Waals surface area contributed by atoms with E-state index in [0.29, 0.717) is 5.56 Å². The van der Waals surface area contributed by atoms with Crippen molar-refractivity contribution in [1.82, 2.24) is 0 Å². The van der Waals surface area contributed by atoms with Crippen LogP contribution in [0.4, 0.5) is 17.6 Å². The van der Waals surface area contributed by atoms with Crippen LogP contribution in [-0.2, 0) is 6.42 Å². The van der Waals surface area contributed by atoms with Crippen LogP contribution >= 0.6 is 15.9 Å². The lowest BCUT2D eigenvalue weighted by Crippen LogP contribution is -2.01. The molecule has 0 fully saturated rings. The zero-order valence-electron chi connectivity index (χ0n) is 9.64. The van der Waals surface area contributed by atoms with Crippen molar-refractivity contribution in [3.8, 4) is 0 Å². The maximum atomic E-state index is 13.6. The monoisotopic (exact) mass is 332 g/mol. The van der Waals surface area contributed by atoms with Crippen LogP contribution in [0.2, 0.25) is 0 Å². The van der Waals surface area contributed by atoms with Gasteiger partial charge in [0.1, 0.15) is 0 Å². The van der Waals surface area contributed by atoms with Crippen molar-refractivity contribution in [3.05, 3.63) is 70.8 Å². The van der Waals surface area contributed by atoms with Gasteiger partial charge in [-0.3, -0.25) is 0 Å². The molecule has 1 atom stereocenters. The molecule has 0 aromatic heterocycles. The third-order valence-corrected chi connectivity index (χ3v) is 3.53. The summed E-state index contributed by atoms with van der Waals surface area (Å²) >= 11 is 3.23. The smallest absolute Gasteiger partial charge is 0.163 e. The second-order valence-electron chi connectivity index (χ2n) is 4.06. The Kier molecular flexibility index (Phi) is 4.24. The van der Waals surface area contributed by atoms with Crippen molar-refractivity contribution < 1.29 is 17.6 Å². The van der Waals surface area contributed by atoms with Crippen molar-refractivity contribution in [2.45, 2.75) is 11.2 Å². The summed E-state index contributed by atoms with van der Waals surface area (Å²) < 4.78 is 52.5. The van der Waals surface area contributed by atoms with Gasteiger partial charge in [-0.2, -0.15) is 0 Å². The Labute approximate surface area is 116 Å². The Hall–Kier alpha value is -1.36. The molecule has 0 amide bonds. The van der Waals surface area contributed by atoms with Gasteiger partial charge in [0.15, 0.2) is 23.3 Å². The molecule has 2 rings (SSSR count). The highest BCUT2D eigenvalue weighted by Crippen LogP contribution is 2.30. The first-order valence-corrected chi connectivity index (χ1v) is 6.42. The molecule has 1 unspecified atom stereocenters. The molecule has 0 aliphatic heterocycles. The standard InChI is InChI=1S/C14H9BrF4/c15-10(9-2-1-3-12(17)14(9)19)6-8-4-5-11(16)13(18)7-8/h1-5,7,10H,6H2. The molecule has 0 saturated carbocycles. The van der Waals surface area contributed by atoms with Crippen molar-refractivity contribution in [3.63, 3.8) is 0 Å². The SMILES string of the molecule is Fc1ccc(CC(Br)c2cccc(F)c2F)cc1F. The first kappa shape index (κ1) is 14.1. The molecule has 2 aromatic rings. The Balaban J connectivity index is 2.23. The van der Waals surface area contributed by atoms with Crippen LogP contribution in [0.15, 0.2) is 36.4 Å². The van der Waals surface area contributed by atoms with E-state index < -0.39 is 28.1 Å². The lowest BCUT2D eigenvalue weighted by Gasteiger charge is -2.12. The van der Waals surface area contributed by atoms with Gasteiger partial charge in [0.05, 0.1) is 0 Å². The van der Waals surface area contributed by atoms with Crippen LogP contribution in [0.1, 0.15) is 16.0 Å². The molecule has 100 valence electrons. The molecular formula is C14H9BrF4. The zero-order valence-corrected chi connectivity index (χ0v) is 11.2. The van der Waals surface area contributed by atoms with E-state index in [9.17, 15) is 17.6 Å². The number of hydrogen-bond donors (Lipinski definition) is 0. The van der Waals surface area contributed by atoms with Crippen molar-refractivity contribution in [2.75, 3.05) is 0 Å². The average Bonchev–Trinajstić information content (AvgIpc) is 2.37. The molecule has 5 heteroatoms. The van der Waals surface area contributed by atoms with E-state index in [1.54, 1.807) is 0 Å². The lowest BCUT2D eigenvalue weighted by molar-refractivity contribution is 0.497. The lowest BCUT2D eigenvalue weighted by atomic mass is 10.0. The topological polar surface area (TPSA) is 0 Å². The maximum Gasteiger partial charge on any atom is 0.163 e. The van der Waals surface area contributed by atoms with Crippen LogP contribution in [0.25, 0.3) is 0 Å².